The summed E-state index contributed by atoms with van der Waals surface area (Å²) < 4.78 is 22.7. The molecule has 1 heterocycles. The molecular formula is C13H14ClN3O2S. The first kappa shape index (κ1) is 14.8. The molecule has 0 radical (unpaired) electrons. The number of rotatable bonds is 4. The van der Waals surface area contributed by atoms with Gasteiger partial charge in [0, 0.05) is 18.4 Å². The molecule has 0 saturated carbocycles. The molecule has 3 N–H and O–H groups in total. The van der Waals surface area contributed by atoms with E-state index in [0.29, 0.717) is 5.02 Å². The fraction of sp³-hybridized carbons (Fsp3) is 0.154. The van der Waals surface area contributed by atoms with Gasteiger partial charge in [-0.05, 0) is 30.7 Å². The quantitative estimate of drug-likeness (QED) is 0.908. The monoisotopic (exact) mass is 311 g/mol. The number of hydrogen-bond donors (Lipinski definition) is 2. The highest BCUT2D eigenvalue weighted by Gasteiger charge is 2.12. The number of nitrogens with one attached hydrogen (secondary N) is 1. The largest absolute Gasteiger partial charge is 0.377 e. The summed E-state index contributed by atoms with van der Waals surface area (Å²) in [5.41, 5.74) is 1.53. The van der Waals surface area contributed by atoms with Crippen LogP contribution in [0.4, 0.5) is 5.69 Å². The lowest BCUT2D eigenvalue weighted by molar-refractivity contribution is 0.597. The van der Waals surface area contributed by atoms with E-state index >= 15 is 0 Å². The molecule has 106 valence electrons. The van der Waals surface area contributed by atoms with Crippen molar-refractivity contribution in [1.29, 1.82) is 0 Å². The smallest absolute Gasteiger partial charge is 0.238 e. The van der Waals surface area contributed by atoms with Crippen molar-refractivity contribution in [2.75, 3.05) is 5.32 Å². The van der Waals surface area contributed by atoms with Gasteiger partial charge in [0.05, 0.1) is 15.6 Å². The standard InChI is InChI=1S/C13H14ClN3O2S/c1-9(17-13-5-6-16-8-12(13)14)10-3-2-4-11(7-10)20(15,18)19/h2-9H,1H3,(H,16,17)(H2,15,18,19)/t9-/m1/s1. The lowest BCUT2D eigenvalue weighted by Gasteiger charge is -2.17. The van der Waals surface area contributed by atoms with Crippen LogP contribution in [0.25, 0.3) is 0 Å². The maximum absolute atomic E-state index is 11.3. The van der Waals surface area contributed by atoms with Crippen molar-refractivity contribution in [3.63, 3.8) is 0 Å². The zero-order valence-electron chi connectivity index (χ0n) is 10.7. The summed E-state index contributed by atoms with van der Waals surface area (Å²) in [5.74, 6) is 0. The predicted octanol–water partition coefficient (Wildman–Crippen LogP) is 2.56. The Hall–Kier alpha value is -1.63. The number of nitrogens with zero attached hydrogens (tertiary/aromatic N) is 1. The summed E-state index contributed by atoms with van der Waals surface area (Å²) >= 11 is 6.02. The molecule has 1 aromatic heterocycles. The lowest BCUT2D eigenvalue weighted by Crippen LogP contribution is -2.13. The Bertz CT molecular complexity index is 719. The summed E-state index contributed by atoms with van der Waals surface area (Å²) in [5, 5.41) is 8.82. The van der Waals surface area contributed by atoms with Gasteiger partial charge >= 0.3 is 0 Å². The van der Waals surface area contributed by atoms with Gasteiger partial charge in [-0.15, -0.1) is 0 Å². The third-order valence-corrected chi connectivity index (χ3v) is 4.04. The van der Waals surface area contributed by atoms with Crippen molar-refractivity contribution in [3.8, 4) is 0 Å². The number of pyridine rings is 1. The zero-order valence-corrected chi connectivity index (χ0v) is 12.3. The van der Waals surface area contributed by atoms with Gasteiger partial charge in [-0.2, -0.15) is 0 Å². The van der Waals surface area contributed by atoms with Crippen LogP contribution in [-0.2, 0) is 10.0 Å². The van der Waals surface area contributed by atoms with Crippen LogP contribution in [0.15, 0.2) is 47.6 Å². The molecule has 0 aliphatic rings. The summed E-state index contributed by atoms with van der Waals surface area (Å²) in [6.45, 7) is 1.90. The SMILES string of the molecule is C[C@@H](Nc1ccncc1Cl)c1cccc(S(N)(=O)=O)c1. The van der Waals surface area contributed by atoms with Crippen LogP contribution in [0.1, 0.15) is 18.5 Å². The molecule has 0 saturated heterocycles. The van der Waals surface area contributed by atoms with Crippen molar-refractivity contribution in [2.45, 2.75) is 17.9 Å². The number of anilines is 1. The summed E-state index contributed by atoms with van der Waals surface area (Å²) in [7, 11) is -3.70. The number of primary sulfonamides is 1. The Morgan fingerprint density at radius 3 is 2.75 bits per heavy atom. The first-order valence-electron chi connectivity index (χ1n) is 5.87. The Morgan fingerprint density at radius 1 is 1.35 bits per heavy atom. The maximum atomic E-state index is 11.3. The molecule has 0 bridgehead atoms. The molecule has 1 atom stereocenters. The molecule has 2 rings (SSSR count). The van der Waals surface area contributed by atoms with Crippen molar-refractivity contribution in [1.82, 2.24) is 4.98 Å². The van der Waals surface area contributed by atoms with Crippen molar-refractivity contribution in [2.24, 2.45) is 5.14 Å². The van der Waals surface area contributed by atoms with E-state index in [2.05, 4.69) is 10.3 Å². The van der Waals surface area contributed by atoms with Crippen molar-refractivity contribution >= 4 is 27.3 Å². The second-order valence-corrected chi connectivity index (χ2v) is 6.31. The van der Waals surface area contributed by atoms with E-state index in [1.807, 2.05) is 13.0 Å². The number of aromatic nitrogens is 1. The van der Waals surface area contributed by atoms with E-state index in [1.54, 1.807) is 24.4 Å². The number of halogens is 1. The molecule has 1 aromatic carbocycles. The van der Waals surface area contributed by atoms with Crippen LogP contribution in [0.3, 0.4) is 0 Å². The van der Waals surface area contributed by atoms with Gasteiger partial charge in [0.1, 0.15) is 0 Å². The fourth-order valence-corrected chi connectivity index (χ4v) is 2.51. The molecule has 0 unspecified atom stereocenters. The third-order valence-electron chi connectivity index (χ3n) is 2.83. The van der Waals surface area contributed by atoms with Gasteiger partial charge in [-0.1, -0.05) is 23.7 Å². The van der Waals surface area contributed by atoms with Crippen LogP contribution in [0.2, 0.25) is 5.02 Å². The van der Waals surface area contributed by atoms with E-state index in [0.717, 1.165) is 11.3 Å². The van der Waals surface area contributed by atoms with Crippen molar-refractivity contribution < 1.29 is 8.42 Å². The van der Waals surface area contributed by atoms with Gasteiger partial charge in [0.2, 0.25) is 10.0 Å². The second-order valence-electron chi connectivity index (χ2n) is 4.34. The molecule has 5 nitrogen and oxygen atoms in total. The van der Waals surface area contributed by atoms with Crippen LogP contribution >= 0.6 is 11.6 Å². The topological polar surface area (TPSA) is 85.1 Å². The molecule has 0 aliphatic heterocycles. The molecule has 0 fully saturated rings. The minimum Gasteiger partial charge on any atom is -0.377 e. The van der Waals surface area contributed by atoms with E-state index in [9.17, 15) is 8.42 Å². The molecule has 0 spiro atoms. The average molecular weight is 312 g/mol. The van der Waals surface area contributed by atoms with Gasteiger partial charge in [0.15, 0.2) is 0 Å². The minimum atomic E-state index is -3.70. The number of benzene rings is 1. The van der Waals surface area contributed by atoms with Gasteiger partial charge < -0.3 is 5.32 Å². The Balaban J connectivity index is 2.26. The Labute approximate surface area is 122 Å². The highest BCUT2D eigenvalue weighted by Crippen LogP contribution is 2.25. The Kier molecular flexibility index (Phi) is 4.27. The predicted molar refractivity (Wildman–Crippen MR) is 79.1 cm³/mol. The highest BCUT2D eigenvalue weighted by atomic mass is 35.5. The zero-order chi connectivity index (χ0) is 14.8. The molecule has 20 heavy (non-hydrogen) atoms. The number of sulfonamides is 1. The molecule has 2 aromatic rings. The number of hydrogen-bond acceptors (Lipinski definition) is 4. The van der Waals surface area contributed by atoms with E-state index in [1.165, 1.54) is 12.3 Å². The van der Waals surface area contributed by atoms with Crippen LogP contribution in [-0.4, -0.2) is 13.4 Å². The fourth-order valence-electron chi connectivity index (χ4n) is 1.77. The van der Waals surface area contributed by atoms with Crippen molar-refractivity contribution in [3.05, 3.63) is 53.3 Å². The molecular weight excluding hydrogens is 298 g/mol. The van der Waals surface area contributed by atoms with Gasteiger partial charge in [0.25, 0.3) is 0 Å². The van der Waals surface area contributed by atoms with Gasteiger partial charge in [-0.3, -0.25) is 4.98 Å². The van der Waals surface area contributed by atoms with E-state index in [-0.39, 0.29) is 10.9 Å². The van der Waals surface area contributed by atoms with Crippen LogP contribution in [0.5, 0.6) is 0 Å². The van der Waals surface area contributed by atoms with Crippen LogP contribution in [0, 0.1) is 0 Å². The minimum absolute atomic E-state index is 0.0875. The van der Waals surface area contributed by atoms with E-state index in [4.69, 9.17) is 16.7 Å². The lowest BCUT2D eigenvalue weighted by atomic mass is 10.1. The molecule has 7 heteroatoms. The van der Waals surface area contributed by atoms with Gasteiger partial charge in [-0.25, -0.2) is 13.6 Å². The van der Waals surface area contributed by atoms with E-state index < -0.39 is 10.0 Å². The normalized spacial score (nSPS) is 12.9. The molecule has 0 aliphatic carbocycles. The first-order chi connectivity index (χ1) is 9.38. The third kappa shape index (κ3) is 3.47. The first-order valence-corrected chi connectivity index (χ1v) is 7.79. The summed E-state index contributed by atoms with van der Waals surface area (Å²) in [6.07, 6.45) is 3.17. The number of nitrogens with two attached hydrogens (primary N) is 1. The maximum Gasteiger partial charge on any atom is 0.238 e. The summed E-state index contributed by atoms with van der Waals surface area (Å²) in [6, 6.07) is 8.11. The van der Waals surface area contributed by atoms with Crippen LogP contribution < -0.4 is 10.5 Å². The highest BCUT2D eigenvalue weighted by molar-refractivity contribution is 7.89. The second kappa shape index (κ2) is 5.78. The molecule has 0 amide bonds. The average Bonchev–Trinajstić information content (AvgIpc) is 2.40. The Morgan fingerprint density at radius 2 is 2.10 bits per heavy atom. The summed E-state index contributed by atoms with van der Waals surface area (Å²) in [4.78, 5) is 3.99.